The van der Waals surface area contributed by atoms with Crippen molar-refractivity contribution in [1.82, 2.24) is 9.61 Å². The van der Waals surface area contributed by atoms with Gasteiger partial charge in [-0.2, -0.15) is 5.10 Å². The predicted molar refractivity (Wildman–Crippen MR) is 162 cm³/mol. The summed E-state index contributed by atoms with van der Waals surface area (Å²) in [5, 5.41) is 11.7. The lowest BCUT2D eigenvalue weighted by atomic mass is 10.1. The van der Waals surface area contributed by atoms with Gasteiger partial charge in [-0.3, -0.25) is 0 Å². The van der Waals surface area contributed by atoms with Crippen LogP contribution in [-0.2, 0) is 0 Å². The van der Waals surface area contributed by atoms with E-state index in [1.54, 1.807) is 0 Å². The lowest BCUT2D eigenvalue weighted by molar-refractivity contribution is 1.01. The Morgan fingerprint density at radius 2 is 0.947 bits per heavy atom. The lowest BCUT2D eigenvalue weighted by Gasteiger charge is -2.34. The van der Waals surface area contributed by atoms with Gasteiger partial charge in [0.2, 0.25) is 0 Å². The SMILES string of the molecule is c1ccc([Si](c2ccccc2)(c2ccccc2)c2ccc(-c3cc4ccc5ccccc5n4n3)cc2)cc1. The maximum Gasteiger partial charge on any atom is 0.179 e. The largest absolute Gasteiger partial charge is 0.232 e. The highest BCUT2D eigenvalue weighted by Crippen LogP contribution is 2.23. The van der Waals surface area contributed by atoms with Gasteiger partial charge in [-0.1, -0.05) is 140 Å². The molecule has 2 nitrogen and oxygen atoms in total. The average molecular weight is 503 g/mol. The number of hydrogen-bond donors (Lipinski definition) is 0. The molecule has 7 rings (SSSR count). The molecule has 0 spiro atoms. The molecule has 0 aliphatic carbocycles. The summed E-state index contributed by atoms with van der Waals surface area (Å²) in [6, 6.07) is 57.1. The molecule has 3 heteroatoms. The standard InChI is InChI=1S/C35H26N2Si/c1-4-13-30(14-5-1)38(31-15-6-2-7-16-31,32-17-8-3-9-18-32)33-24-21-27(22-25-33)34-26-29-23-20-28-12-10-11-19-35(28)37(29)36-34/h1-26H. The molecule has 0 unspecified atom stereocenters. The summed E-state index contributed by atoms with van der Waals surface area (Å²) in [5.74, 6) is 0. The summed E-state index contributed by atoms with van der Waals surface area (Å²) in [6.45, 7) is 0. The monoisotopic (exact) mass is 502 g/mol. The van der Waals surface area contributed by atoms with Crippen molar-refractivity contribution in [2.45, 2.75) is 0 Å². The molecule has 0 saturated carbocycles. The molecule has 2 heterocycles. The van der Waals surface area contributed by atoms with Gasteiger partial charge in [0.25, 0.3) is 0 Å². The van der Waals surface area contributed by atoms with Gasteiger partial charge in [-0.25, -0.2) is 4.52 Å². The first-order valence-corrected chi connectivity index (χ1v) is 15.0. The second kappa shape index (κ2) is 9.29. The molecule has 180 valence electrons. The highest BCUT2D eigenvalue weighted by atomic mass is 28.3. The normalized spacial score (nSPS) is 11.7. The van der Waals surface area contributed by atoms with Crippen LogP contribution < -0.4 is 20.7 Å². The van der Waals surface area contributed by atoms with Gasteiger partial charge < -0.3 is 0 Å². The Labute approximate surface area is 223 Å². The van der Waals surface area contributed by atoms with Crippen LogP contribution in [0.4, 0.5) is 0 Å². The Balaban J connectivity index is 1.42. The van der Waals surface area contributed by atoms with Gasteiger partial charge in [-0.05, 0) is 38.9 Å². The van der Waals surface area contributed by atoms with E-state index in [0.717, 1.165) is 22.3 Å². The summed E-state index contributed by atoms with van der Waals surface area (Å²) in [7, 11) is -2.52. The molecule has 0 N–H and O–H groups in total. The van der Waals surface area contributed by atoms with Gasteiger partial charge in [-0.15, -0.1) is 0 Å². The summed E-state index contributed by atoms with van der Waals surface area (Å²) in [4.78, 5) is 0. The molecule has 0 amide bonds. The summed E-state index contributed by atoms with van der Waals surface area (Å²) in [6.07, 6.45) is 0. The van der Waals surface area contributed by atoms with Crippen LogP contribution in [0.3, 0.4) is 0 Å². The van der Waals surface area contributed by atoms with Crippen molar-refractivity contribution in [3.8, 4) is 11.3 Å². The third-order valence-corrected chi connectivity index (χ3v) is 12.4. The van der Waals surface area contributed by atoms with Crippen molar-refractivity contribution < 1.29 is 0 Å². The minimum absolute atomic E-state index is 0.985. The van der Waals surface area contributed by atoms with E-state index in [1.807, 2.05) is 0 Å². The zero-order valence-electron chi connectivity index (χ0n) is 20.9. The molecule has 0 fully saturated rings. The Morgan fingerprint density at radius 1 is 0.447 bits per heavy atom. The Kier molecular flexibility index (Phi) is 5.49. The molecule has 0 atom stereocenters. The van der Waals surface area contributed by atoms with E-state index in [9.17, 15) is 0 Å². The van der Waals surface area contributed by atoms with Crippen LogP contribution >= 0.6 is 0 Å². The van der Waals surface area contributed by atoms with E-state index in [2.05, 4.69) is 162 Å². The zero-order valence-corrected chi connectivity index (χ0v) is 21.9. The minimum Gasteiger partial charge on any atom is -0.232 e. The average Bonchev–Trinajstić information content (AvgIpc) is 3.45. The van der Waals surface area contributed by atoms with E-state index in [4.69, 9.17) is 5.10 Å². The summed E-state index contributed by atoms with van der Waals surface area (Å²) in [5.41, 5.74) is 4.33. The van der Waals surface area contributed by atoms with Crippen LogP contribution in [0.5, 0.6) is 0 Å². The smallest absolute Gasteiger partial charge is 0.179 e. The van der Waals surface area contributed by atoms with Crippen LogP contribution in [0.1, 0.15) is 0 Å². The Morgan fingerprint density at radius 3 is 1.53 bits per heavy atom. The molecular formula is C35H26N2Si. The number of hydrogen-bond acceptors (Lipinski definition) is 1. The second-order valence-corrected chi connectivity index (χ2v) is 13.5. The Bertz CT molecular complexity index is 1740. The molecule has 0 aliphatic rings. The van der Waals surface area contributed by atoms with Crippen molar-refractivity contribution in [2.75, 3.05) is 0 Å². The van der Waals surface area contributed by atoms with Crippen LogP contribution in [0.2, 0.25) is 0 Å². The molecule has 0 aliphatic heterocycles. The van der Waals surface area contributed by atoms with Gasteiger partial charge in [0.15, 0.2) is 8.07 Å². The highest BCUT2D eigenvalue weighted by Gasteiger charge is 2.41. The minimum atomic E-state index is -2.52. The van der Waals surface area contributed by atoms with Gasteiger partial charge in [0.1, 0.15) is 0 Å². The number of para-hydroxylation sites is 1. The van der Waals surface area contributed by atoms with Gasteiger partial charge in [0, 0.05) is 10.9 Å². The first-order valence-electron chi connectivity index (χ1n) is 13.0. The van der Waals surface area contributed by atoms with Crippen molar-refractivity contribution in [1.29, 1.82) is 0 Å². The lowest BCUT2D eigenvalue weighted by Crippen LogP contribution is -2.74. The maximum atomic E-state index is 5.01. The molecule has 2 aromatic heterocycles. The van der Waals surface area contributed by atoms with Crippen LogP contribution in [-0.4, -0.2) is 17.7 Å². The molecular weight excluding hydrogens is 476 g/mol. The summed E-state index contributed by atoms with van der Waals surface area (Å²) >= 11 is 0. The van der Waals surface area contributed by atoms with Crippen molar-refractivity contribution in [3.05, 3.63) is 158 Å². The topological polar surface area (TPSA) is 17.3 Å². The fourth-order valence-corrected chi connectivity index (χ4v) is 10.5. The fraction of sp³-hybridized carbons (Fsp3) is 0. The second-order valence-electron chi connectivity index (χ2n) is 9.68. The molecule has 0 radical (unpaired) electrons. The highest BCUT2D eigenvalue weighted by molar-refractivity contribution is 7.19. The van der Waals surface area contributed by atoms with E-state index in [-0.39, 0.29) is 0 Å². The van der Waals surface area contributed by atoms with E-state index in [0.29, 0.717) is 0 Å². The third kappa shape index (κ3) is 3.59. The van der Waals surface area contributed by atoms with E-state index < -0.39 is 8.07 Å². The number of rotatable bonds is 5. The number of benzene rings is 5. The van der Waals surface area contributed by atoms with E-state index >= 15 is 0 Å². The molecule has 5 aromatic carbocycles. The van der Waals surface area contributed by atoms with Crippen molar-refractivity contribution in [2.24, 2.45) is 0 Å². The predicted octanol–water partition coefficient (Wildman–Crippen LogP) is 5.53. The number of pyridine rings is 1. The fourth-order valence-electron chi connectivity index (χ4n) is 5.80. The molecule has 7 aromatic rings. The third-order valence-electron chi connectivity index (χ3n) is 7.57. The van der Waals surface area contributed by atoms with Gasteiger partial charge >= 0.3 is 0 Å². The number of aromatic nitrogens is 2. The van der Waals surface area contributed by atoms with Crippen LogP contribution in [0, 0.1) is 0 Å². The molecule has 0 bridgehead atoms. The maximum absolute atomic E-state index is 5.01. The van der Waals surface area contributed by atoms with Crippen molar-refractivity contribution >= 4 is 45.2 Å². The zero-order chi connectivity index (χ0) is 25.4. The number of fused-ring (bicyclic) bond motifs is 3. The van der Waals surface area contributed by atoms with Gasteiger partial charge in [0.05, 0.1) is 16.7 Å². The van der Waals surface area contributed by atoms with Crippen LogP contribution in [0.15, 0.2) is 158 Å². The van der Waals surface area contributed by atoms with E-state index in [1.165, 1.54) is 26.1 Å². The first kappa shape index (κ1) is 22.5. The Hall–Kier alpha value is -4.73. The quantitative estimate of drug-likeness (QED) is 0.223. The number of nitrogens with zero attached hydrogens (tertiary/aromatic N) is 2. The molecule has 0 saturated heterocycles. The summed E-state index contributed by atoms with van der Waals surface area (Å²) < 4.78 is 2.05. The van der Waals surface area contributed by atoms with Crippen molar-refractivity contribution in [3.63, 3.8) is 0 Å². The van der Waals surface area contributed by atoms with Crippen LogP contribution in [0.25, 0.3) is 27.7 Å². The molecule has 38 heavy (non-hydrogen) atoms. The first-order chi connectivity index (χ1) is 18.8.